The van der Waals surface area contributed by atoms with Crippen LogP contribution in [-0.2, 0) is 10.9 Å². The third-order valence-corrected chi connectivity index (χ3v) is 2.59. The van der Waals surface area contributed by atoms with Crippen LogP contribution in [0.5, 0.6) is 0 Å². The number of hydrazine groups is 1. The summed E-state index contributed by atoms with van der Waals surface area (Å²) < 4.78 is 56.4. The predicted molar refractivity (Wildman–Crippen MR) is 67.2 cm³/mol. The van der Waals surface area contributed by atoms with Gasteiger partial charge in [0.05, 0.1) is 23.8 Å². The van der Waals surface area contributed by atoms with Crippen LogP contribution in [0, 0.1) is 5.82 Å². The summed E-state index contributed by atoms with van der Waals surface area (Å²) in [5.41, 5.74) is 0.969. The van der Waals surface area contributed by atoms with Crippen LogP contribution < -0.4 is 11.3 Å². The van der Waals surface area contributed by atoms with Crippen LogP contribution in [0.1, 0.15) is 37.9 Å². The van der Waals surface area contributed by atoms with Crippen molar-refractivity contribution in [3.63, 3.8) is 0 Å². The van der Waals surface area contributed by atoms with E-state index in [1.807, 2.05) is 20.8 Å². The van der Waals surface area contributed by atoms with Gasteiger partial charge in [-0.05, 0) is 38.5 Å². The van der Waals surface area contributed by atoms with Gasteiger partial charge >= 0.3 is 6.18 Å². The van der Waals surface area contributed by atoms with Gasteiger partial charge in [0.25, 0.3) is 0 Å². The lowest BCUT2D eigenvalue weighted by Crippen LogP contribution is -2.34. The van der Waals surface area contributed by atoms with Gasteiger partial charge in [-0.15, -0.1) is 0 Å². The Morgan fingerprint density at radius 2 is 1.85 bits per heavy atom. The number of hydrogen-bond donors (Lipinski definition) is 2. The van der Waals surface area contributed by atoms with Gasteiger partial charge < -0.3 is 4.74 Å². The summed E-state index contributed by atoms with van der Waals surface area (Å²) in [4.78, 5) is 0. The molecule has 0 fully saturated rings. The summed E-state index contributed by atoms with van der Waals surface area (Å²) in [6, 6.07) is 2.11. The lowest BCUT2D eigenvalue weighted by atomic mass is 10.0. The maximum Gasteiger partial charge on any atom is 0.419 e. The Balaban J connectivity index is 2.92. The Hall–Kier alpha value is -1.18. The molecular formula is C13H18F4N2O. The Labute approximate surface area is 115 Å². The fourth-order valence-electron chi connectivity index (χ4n) is 1.55. The third kappa shape index (κ3) is 4.73. The molecule has 20 heavy (non-hydrogen) atoms. The largest absolute Gasteiger partial charge is 0.419 e. The number of ether oxygens (including phenoxy) is 1. The second-order valence-corrected chi connectivity index (χ2v) is 5.38. The highest BCUT2D eigenvalue weighted by Crippen LogP contribution is 2.32. The number of hydrogen-bond acceptors (Lipinski definition) is 3. The minimum absolute atomic E-state index is 0.116. The standard InChI is InChI=1S/C13H18F4N2O/c1-12(2,3)20-7-11(19-18)8-4-5-9(10(14)6-8)13(15,16)17/h4-6,11,19H,7,18H2,1-3H3. The number of halogens is 4. The molecule has 0 amide bonds. The van der Waals surface area contributed by atoms with E-state index in [0.29, 0.717) is 11.6 Å². The molecule has 0 saturated carbocycles. The maximum absolute atomic E-state index is 13.5. The molecule has 1 aromatic carbocycles. The molecule has 0 radical (unpaired) electrons. The van der Waals surface area contributed by atoms with Crippen LogP contribution in [0.2, 0.25) is 0 Å². The zero-order chi connectivity index (χ0) is 15.6. The van der Waals surface area contributed by atoms with Gasteiger partial charge in [-0.2, -0.15) is 13.2 Å². The first kappa shape index (κ1) is 16.9. The van der Waals surface area contributed by atoms with Crippen molar-refractivity contribution in [2.45, 2.75) is 38.6 Å². The summed E-state index contributed by atoms with van der Waals surface area (Å²) in [5.74, 6) is 4.01. The van der Waals surface area contributed by atoms with Crippen LogP contribution in [0.25, 0.3) is 0 Å². The molecule has 114 valence electrons. The quantitative estimate of drug-likeness (QED) is 0.509. The van der Waals surface area contributed by atoms with Crippen molar-refractivity contribution < 1.29 is 22.3 Å². The van der Waals surface area contributed by atoms with E-state index in [1.54, 1.807) is 0 Å². The molecule has 0 heterocycles. The SMILES string of the molecule is CC(C)(C)OCC(NN)c1ccc(C(F)(F)F)c(F)c1. The van der Waals surface area contributed by atoms with Crippen molar-refractivity contribution in [2.24, 2.45) is 5.84 Å². The molecule has 3 nitrogen and oxygen atoms in total. The highest BCUT2D eigenvalue weighted by molar-refractivity contribution is 5.28. The topological polar surface area (TPSA) is 47.3 Å². The van der Waals surface area contributed by atoms with Gasteiger partial charge in [0, 0.05) is 0 Å². The summed E-state index contributed by atoms with van der Waals surface area (Å²) in [5, 5.41) is 0. The average molecular weight is 294 g/mol. The Kier molecular flexibility index (Phi) is 5.12. The van der Waals surface area contributed by atoms with Crippen molar-refractivity contribution in [1.82, 2.24) is 5.43 Å². The van der Waals surface area contributed by atoms with Crippen LogP contribution in [0.4, 0.5) is 17.6 Å². The molecule has 3 N–H and O–H groups in total. The van der Waals surface area contributed by atoms with Crippen molar-refractivity contribution >= 4 is 0 Å². The first-order valence-corrected chi connectivity index (χ1v) is 6.01. The average Bonchev–Trinajstić information content (AvgIpc) is 2.26. The highest BCUT2D eigenvalue weighted by Gasteiger charge is 2.34. The van der Waals surface area contributed by atoms with Crippen molar-refractivity contribution in [2.75, 3.05) is 6.61 Å². The Bertz CT molecular complexity index is 455. The fraction of sp³-hybridized carbons (Fsp3) is 0.538. The molecule has 0 saturated heterocycles. The van der Waals surface area contributed by atoms with E-state index in [9.17, 15) is 17.6 Å². The second kappa shape index (κ2) is 6.07. The normalized spacial score (nSPS) is 14.4. The van der Waals surface area contributed by atoms with Gasteiger partial charge in [-0.25, -0.2) is 4.39 Å². The number of benzene rings is 1. The third-order valence-electron chi connectivity index (χ3n) is 2.59. The summed E-state index contributed by atoms with van der Waals surface area (Å²) in [7, 11) is 0. The summed E-state index contributed by atoms with van der Waals surface area (Å²) in [6.07, 6.45) is -4.71. The van der Waals surface area contributed by atoms with Crippen LogP contribution in [0.15, 0.2) is 18.2 Å². The van der Waals surface area contributed by atoms with E-state index in [4.69, 9.17) is 10.6 Å². The lowest BCUT2D eigenvalue weighted by Gasteiger charge is -2.24. The zero-order valence-electron chi connectivity index (χ0n) is 11.5. The Morgan fingerprint density at radius 3 is 2.25 bits per heavy atom. The first-order valence-electron chi connectivity index (χ1n) is 6.01. The summed E-state index contributed by atoms with van der Waals surface area (Å²) in [6.45, 7) is 5.60. The van der Waals surface area contributed by atoms with Gasteiger partial charge in [0.2, 0.25) is 0 Å². The van der Waals surface area contributed by atoms with Gasteiger partial charge in [0.1, 0.15) is 5.82 Å². The van der Waals surface area contributed by atoms with E-state index in [2.05, 4.69) is 5.43 Å². The molecule has 7 heteroatoms. The van der Waals surface area contributed by atoms with E-state index >= 15 is 0 Å². The first-order chi connectivity index (χ1) is 9.04. The van der Waals surface area contributed by atoms with E-state index < -0.39 is 29.2 Å². The molecular weight excluding hydrogens is 276 g/mol. The van der Waals surface area contributed by atoms with Crippen LogP contribution in [0.3, 0.4) is 0 Å². The molecule has 1 unspecified atom stereocenters. The molecule has 0 aliphatic rings. The minimum atomic E-state index is -4.71. The maximum atomic E-state index is 13.5. The molecule has 0 aromatic heterocycles. The van der Waals surface area contributed by atoms with E-state index in [-0.39, 0.29) is 6.61 Å². The van der Waals surface area contributed by atoms with Crippen LogP contribution >= 0.6 is 0 Å². The van der Waals surface area contributed by atoms with Crippen molar-refractivity contribution in [3.05, 3.63) is 35.1 Å². The zero-order valence-corrected chi connectivity index (χ0v) is 11.5. The molecule has 0 aliphatic carbocycles. The molecule has 1 aromatic rings. The minimum Gasteiger partial charge on any atom is -0.374 e. The predicted octanol–water partition coefficient (Wildman–Crippen LogP) is 3.16. The summed E-state index contributed by atoms with van der Waals surface area (Å²) >= 11 is 0. The van der Waals surface area contributed by atoms with Crippen LogP contribution in [-0.4, -0.2) is 12.2 Å². The van der Waals surface area contributed by atoms with Gasteiger partial charge in [-0.1, -0.05) is 6.07 Å². The lowest BCUT2D eigenvalue weighted by molar-refractivity contribution is -0.140. The van der Waals surface area contributed by atoms with E-state index in [1.165, 1.54) is 6.07 Å². The van der Waals surface area contributed by atoms with Crippen molar-refractivity contribution in [1.29, 1.82) is 0 Å². The van der Waals surface area contributed by atoms with Crippen molar-refractivity contribution in [3.8, 4) is 0 Å². The highest BCUT2D eigenvalue weighted by atomic mass is 19.4. The number of rotatable bonds is 4. The molecule has 0 spiro atoms. The van der Waals surface area contributed by atoms with E-state index in [0.717, 1.165) is 6.07 Å². The molecule has 0 bridgehead atoms. The molecule has 0 aliphatic heterocycles. The second-order valence-electron chi connectivity index (χ2n) is 5.38. The number of alkyl halides is 3. The number of nitrogens with one attached hydrogen (secondary N) is 1. The monoisotopic (exact) mass is 294 g/mol. The Morgan fingerprint density at radius 1 is 1.25 bits per heavy atom. The molecule has 1 rings (SSSR count). The molecule has 1 atom stereocenters. The van der Waals surface area contributed by atoms with Gasteiger partial charge in [0.15, 0.2) is 0 Å². The van der Waals surface area contributed by atoms with Gasteiger partial charge in [-0.3, -0.25) is 11.3 Å². The fourth-order valence-corrected chi connectivity index (χ4v) is 1.55. The smallest absolute Gasteiger partial charge is 0.374 e. The number of nitrogens with two attached hydrogens (primary N) is 1.